The van der Waals surface area contributed by atoms with Crippen molar-refractivity contribution in [2.45, 2.75) is 133 Å². The van der Waals surface area contributed by atoms with E-state index in [0.717, 1.165) is 17.1 Å². The summed E-state index contributed by atoms with van der Waals surface area (Å²) < 4.78 is 42.1. The number of ketones is 3. The van der Waals surface area contributed by atoms with E-state index in [2.05, 4.69) is 15.5 Å². The van der Waals surface area contributed by atoms with Gasteiger partial charge in [-0.3, -0.25) is 43.4 Å². The molecule has 70 heavy (non-hydrogen) atoms. The van der Waals surface area contributed by atoms with Crippen LogP contribution in [0.2, 0.25) is 0 Å². The van der Waals surface area contributed by atoms with Crippen LogP contribution in [0.1, 0.15) is 116 Å². The van der Waals surface area contributed by atoms with Crippen LogP contribution in [0, 0.1) is 0 Å². The summed E-state index contributed by atoms with van der Waals surface area (Å²) in [5.74, 6) is -5.67. The molecule has 2 aromatic rings. The predicted octanol–water partition coefficient (Wildman–Crippen LogP) is 1.62. The third-order valence-electron chi connectivity index (χ3n) is 13.9. The van der Waals surface area contributed by atoms with Crippen molar-refractivity contribution >= 4 is 41.0 Å². The Morgan fingerprint density at radius 1 is 0.929 bits per heavy atom. The number of nitrogens with zero attached hydrogens (tertiary/aromatic N) is 2. The molecule has 0 radical (unpaired) electrons. The molecule has 21 nitrogen and oxygen atoms in total. The van der Waals surface area contributed by atoms with Gasteiger partial charge in [-0.1, -0.05) is 12.1 Å². The summed E-state index contributed by atoms with van der Waals surface area (Å²) in [6.45, 7) is 9.01. The molecule has 21 heteroatoms. The number of rotatable bonds is 17. The van der Waals surface area contributed by atoms with E-state index < -0.39 is 137 Å². The second-order valence-corrected chi connectivity index (χ2v) is 19.8. The highest BCUT2D eigenvalue weighted by molar-refractivity contribution is 6.31. The Morgan fingerprint density at radius 2 is 1.64 bits per heavy atom. The molecule has 3 fully saturated rings. The van der Waals surface area contributed by atoms with Crippen molar-refractivity contribution < 1.29 is 82.0 Å². The number of phenolic OH excluding ortho intramolecular Hbond substituents is 2. The van der Waals surface area contributed by atoms with Gasteiger partial charge in [0, 0.05) is 87.2 Å². The molecule has 0 spiro atoms. The van der Waals surface area contributed by atoms with Gasteiger partial charge in [-0.25, -0.2) is 0 Å². The summed E-state index contributed by atoms with van der Waals surface area (Å²) in [6.07, 6.45) is -3.18. The number of ether oxygens (including phenoxy) is 7. The summed E-state index contributed by atoms with van der Waals surface area (Å²) in [6, 6.07) is 4.14. The minimum absolute atomic E-state index is 0.0423. The minimum atomic E-state index is -2.35. The number of carbonyl (C=O) groups excluding carboxylic acids is 7. The number of fused-ring (bicyclic) bond motifs is 6. The van der Waals surface area contributed by atoms with Crippen LogP contribution in [-0.2, 0) is 58.8 Å². The van der Waals surface area contributed by atoms with E-state index in [0.29, 0.717) is 13.2 Å². The Kier molecular flexibility index (Phi) is 14.1. The number of aliphatic hydroxyl groups is 1. The lowest BCUT2D eigenvalue weighted by molar-refractivity contribution is -0.256. The number of carbonyl (C=O) groups is 7. The molecule has 4 aliphatic heterocycles. The minimum Gasteiger partial charge on any atom is -0.507 e. The van der Waals surface area contributed by atoms with Gasteiger partial charge in [0.2, 0.25) is 17.6 Å². The van der Waals surface area contributed by atoms with Gasteiger partial charge in [-0.15, -0.1) is 0 Å². The maximum atomic E-state index is 14.2. The van der Waals surface area contributed by atoms with Crippen molar-refractivity contribution in [3.63, 3.8) is 0 Å². The van der Waals surface area contributed by atoms with E-state index in [4.69, 9.17) is 33.2 Å². The van der Waals surface area contributed by atoms with Gasteiger partial charge in [0.1, 0.15) is 29.0 Å². The Labute approximate surface area is 403 Å². The van der Waals surface area contributed by atoms with Crippen molar-refractivity contribution in [1.82, 2.24) is 20.4 Å². The van der Waals surface area contributed by atoms with Crippen molar-refractivity contribution in [3.05, 3.63) is 63.7 Å². The normalized spacial score (nSPS) is 27.4. The zero-order valence-electron chi connectivity index (χ0n) is 40.2. The van der Waals surface area contributed by atoms with Gasteiger partial charge < -0.3 is 59.1 Å². The summed E-state index contributed by atoms with van der Waals surface area (Å²) in [7, 11) is 2.85. The first-order valence-corrected chi connectivity index (χ1v) is 23.3. The smallest absolute Gasteiger partial charge is 0.253 e. The van der Waals surface area contributed by atoms with Crippen LogP contribution in [0.15, 0.2) is 30.4 Å². The zero-order valence-corrected chi connectivity index (χ0v) is 40.2. The topological polar surface area (TPSA) is 275 Å². The maximum Gasteiger partial charge on any atom is 0.253 e. The van der Waals surface area contributed by atoms with Crippen molar-refractivity contribution in [1.29, 1.82) is 0 Å². The lowest BCUT2D eigenvalue weighted by atomic mass is 9.71. The lowest BCUT2D eigenvalue weighted by Gasteiger charge is -2.43. The van der Waals surface area contributed by atoms with Gasteiger partial charge in [-0.05, 0) is 47.1 Å². The molecule has 0 unspecified atom stereocenters. The first-order valence-electron chi connectivity index (χ1n) is 23.3. The Morgan fingerprint density at radius 3 is 2.34 bits per heavy atom. The van der Waals surface area contributed by atoms with E-state index in [9.17, 15) is 48.9 Å². The van der Waals surface area contributed by atoms with Gasteiger partial charge >= 0.3 is 0 Å². The molecule has 8 atom stereocenters. The Bertz CT molecular complexity index is 2510. The molecular weight excluding hydrogens is 917 g/mol. The van der Waals surface area contributed by atoms with Crippen LogP contribution in [0.4, 0.5) is 0 Å². The van der Waals surface area contributed by atoms with Crippen LogP contribution in [0.25, 0.3) is 0 Å². The number of Topliss-reactive ketones (excluding diaryl/α,β-unsaturated/α-hetero) is 1. The van der Waals surface area contributed by atoms with E-state index in [1.165, 1.54) is 32.4 Å². The van der Waals surface area contributed by atoms with Gasteiger partial charge in [0.05, 0.1) is 66.9 Å². The van der Waals surface area contributed by atoms with Crippen molar-refractivity contribution in [2.24, 2.45) is 0 Å². The molecule has 6 aliphatic rings. The Hall–Kier alpha value is -5.65. The highest BCUT2D eigenvalue weighted by Crippen LogP contribution is 2.53. The van der Waals surface area contributed by atoms with Gasteiger partial charge in [0.25, 0.3) is 11.8 Å². The van der Waals surface area contributed by atoms with Crippen LogP contribution in [-0.4, -0.2) is 167 Å². The van der Waals surface area contributed by atoms with Crippen LogP contribution >= 0.6 is 0 Å². The number of nitrogens with one attached hydrogen (secondary N) is 2. The molecule has 0 saturated carbocycles. The SMILES string of the molecule is COc1cccc2c1C(=O)c1c(O)c3c(c(O)c1C2=O)C[C@@](O)(C(=O)CNC(=O)CCC(C)(C)OCC(C)(C)NC(=O)CCN1C(=O)C=CC1=O)C[C@@H]3O[C@H]1C[C@H]2[C@H](O[C@@H]3[C@@H](OC)OCCN32)[C@H](C)O1. The molecule has 4 amide bonds. The lowest BCUT2D eigenvalue weighted by Crippen LogP contribution is -2.55. The summed E-state index contributed by atoms with van der Waals surface area (Å²) in [5.41, 5.74) is -5.59. The fourth-order valence-corrected chi connectivity index (χ4v) is 10.2. The van der Waals surface area contributed by atoms with Crippen molar-refractivity contribution in [3.8, 4) is 17.2 Å². The molecular formula is C49H60N4O17. The summed E-state index contributed by atoms with van der Waals surface area (Å²) in [4.78, 5) is 95.3. The maximum absolute atomic E-state index is 14.2. The number of morpholine rings is 1. The number of methoxy groups -OCH3 is 2. The van der Waals surface area contributed by atoms with E-state index in [1.807, 2.05) is 6.92 Å². The second-order valence-electron chi connectivity index (χ2n) is 19.8. The molecule has 4 heterocycles. The highest BCUT2D eigenvalue weighted by Gasteiger charge is 2.55. The third kappa shape index (κ3) is 9.72. The summed E-state index contributed by atoms with van der Waals surface area (Å²) in [5, 5.41) is 41.9. The average molecular weight is 977 g/mol. The monoisotopic (exact) mass is 976 g/mol. The van der Waals surface area contributed by atoms with Crippen molar-refractivity contribution in [2.75, 3.05) is 47.1 Å². The molecule has 3 saturated heterocycles. The fourth-order valence-electron chi connectivity index (χ4n) is 10.2. The fraction of sp³-hybridized carbons (Fsp3) is 0.571. The number of aromatic hydroxyl groups is 2. The number of phenols is 2. The standard InChI is InChI=1S/C49H60N4O17/c1-24-44-27(52-17-18-66-46(65-7)45(52)70-44)19-35(68-24)69-29-21-49(63,20-26-37(29)43(62)39-38(41(26)60)40(59)25-9-8-10-28(64-6)36(25)42(39)61)30(54)22-50-31(55)13-15-48(4,5)67-23-47(2,3)51-32(56)14-16-53-33(57)11-12-34(53)58/h8-12,24,27,29,35,44-46,60,62-63H,13-23H2,1-7H3,(H,50,55)(H,51,56)/t24-,27-,29-,35-,44+,45+,46-,49-/m0/s1. The quantitative estimate of drug-likeness (QED) is 0.0950. The number of hydrogen-bond acceptors (Lipinski definition) is 18. The molecule has 0 aromatic heterocycles. The average Bonchev–Trinajstić information content (AvgIpc) is 3.86. The van der Waals surface area contributed by atoms with Crippen LogP contribution in [0.5, 0.6) is 17.2 Å². The number of imide groups is 1. The van der Waals surface area contributed by atoms with E-state index >= 15 is 0 Å². The zero-order chi connectivity index (χ0) is 50.6. The molecule has 8 rings (SSSR count). The largest absolute Gasteiger partial charge is 0.507 e. The van der Waals surface area contributed by atoms with Gasteiger partial charge in [0.15, 0.2) is 30.4 Å². The number of hydrogen-bond donors (Lipinski definition) is 5. The molecule has 2 aliphatic carbocycles. The summed E-state index contributed by atoms with van der Waals surface area (Å²) >= 11 is 0. The van der Waals surface area contributed by atoms with E-state index in [1.54, 1.807) is 27.7 Å². The van der Waals surface area contributed by atoms with Gasteiger partial charge in [-0.2, -0.15) is 0 Å². The number of amides is 4. The van der Waals surface area contributed by atoms with Crippen LogP contribution in [0.3, 0.4) is 0 Å². The molecule has 5 N–H and O–H groups in total. The first kappa shape index (κ1) is 50.7. The Balaban J connectivity index is 0.966. The molecule has 2 aromatic carbocycles. The number of benzene rings is 2. The van der Waals surface area contributed by atoms with E-state index in [-0.39, 0.29) is 72.9 Å². The molecule has 378 valence electrons. The second kappa shape index (κ2) is 19.5. The third-order valence-corrected chi connectivity index (χ3v) is 13.9. The highest BCUT2D eigenvalue weighted by atomic mass is 16.7. The molecule has 0 bridgehead atoms. The predicted molar refractivity (Wildman–Crippen MR) is 242 cm³/mol. The first-order chi connectivity index (χ1) is 33.1. The van der Waals surface area contributed by atoms with Crippen LogP contribution < -0.4 is 15.4 Å².